The lowest BCUT2D eigenvalue weighted by molar-refractivity contribution is 0.283. The van der Waals surface area contributed by atoms with Crippen molar-refractivity contribution in [3.63, 3.8) is 0 Å². The van der Waals surface area contributed by atoms with Crippen molar-refractivity contribution in [2.24, 2.45) is 5.92 Å². The smallest absolute Gasteiger partial charge is 0.219 e. The van der Waals surface area contributed by atoms with Gasteiger partial charge < -0.3 is 15.3 Å². The molecule has 0 spiro atoms. The van der Waals surface area contributed by atoms with Crippen molar-refractivity contribution in [2.75, 3.05) is 5.73 Å². The Morgan fingerprint density at radius 3 is 2.68 bits per heavy atom. The van der Waals surface area contributed by atoms with E-state index in [9.17, 15) is 0 Å². The molecule has 1 aliphatic carbocycles. The second-order valence-electron chi connectivity index (χ2n) is 7.40. The second-order valence-corrected chi connectivity index (χ2v) is 7.40. The summed E-state index contributed by atoms with van der Waals surface area (Å²) in [5, 5.41) is 10.1. The van der Waals surface area contributed by atoms with E-state index in [2.05, 4.69) is 30.6 Å². The van der Waals surface area contributed by atoms with Crippen LogP contribution in [-0.4, -0.2) is 29.5 Å². The summed E-state index contributed by atoms with van der Waals surface area (Å²) in [6.45, 7) is 0. The number of nitrogens with zero attached hydrogens (tertiary/aromatic N) is 6. The Kier molecular flexibility index (Phi) is 3.93. The van der Waals surface area contributed by atoms with Crippen LogP contribution in [0.2, 0.25) is 0 Å². The number of hydrogen-bond acceptors (Lipinski definition) is 6. The van der Waals surface area contributed by atoms with Crippen molar-refractivity contribution >= 4 is 28.0 Å². The minimum atomic E-state index is 0.248. The molecule has 4 heterocycles. The first-order chi connectivity index (χ1) is 13.7. The fourth-order valence-corrected chi connectivity index (χ4v) is 4.34. The van der Waals surface area contributed by atoms with Gasteiger partial charge in [-0.2, -0.15) is 5.26 Å². The van der Waals surface area contributed by atoms with Gasteiger partial charge in [0.1, 0.15) is 17.0 Å². The summed E-state index contributed by atoms with van der Waals surface area (Å²) in [5.74, 6) is 1.58. The summed E-state index contributed by atoms with van der Waals surface area (Å²) < 4.78 is 2.32. The third-order valence-corrected chi connectivity index (χ3v) is 5.73. The molecule has 8 nitrogen and oxygen atoms in total. The van der Waals surface area contributed by atoms with Gasteiger partial charge in [-0.05, 0) is 37.7 Å². The molecule has 4 aromatic rings. The molecule has 0 atom stereocenters. The normalized spacial score (nSPS) is 19.8. The lowest BCUT2D eigenvalue weighted by atomic mass is 9.84. The maximum absolute atomic E-state index is 9.02. The number of rotatable bonds is 3. The summed E-state index contributed by atoms with van der Waals surface area (Å²) in [7, 11) is 0. The molecule has 1 saturated carbocycles. The number of nitrogens with one attached hydrogen (secondary N) is 1. The van der Waals surface area contributed by atoms with E-state index in [0.29, 0.717) is 18.4 Å². The highest BCUT2D eigenvalue weighted by atomic mass is 15.1. The standard InChI is InChI=1S/C20H20N8/c21-7-5-12-1-3-14(4-2-12)28-17-15-6-8-23-18(15)24-11-16(17)27-19(28)13-9-25-20(22)26-10-13/h6,8-12,14H,1-5H2,(H,23,24)(H2,22,25,26). The van der Waals surface area contributed by atoms with E-state index in [-0.39, 0.29) is 5.95 Å². The minimum Gasteiger partial charge on any atom is -0.368 e. The number of imidazole rings is 1. The minimum absolute atomic E-state index is 0.248. The van der Waals surface area contributed by atoms with Crippen LogP contribution in [0.1, 0.15) is 38.1 Å². The number of anilines is 1. The van der Waals surface area contributed by atoms with Crippen LogP contribution in [-0.2, 0) is 0 Å². The summed E-state index contributed by atoms with van der Waals surface area (Å²) in [6, 6.07) is 4.68. The van der Waals surface area contributed by atoms with Crippen molar-refractivity contribution in [3.8, 4) is 17.5 Å². The van der Waals surface area contributed by atoms with Crippen LogP contribution in [0.4, 0.5) is 5.95 Å². The van der Waals surface area contributed by atoms with Gasteiger partial charge in [-0.1, -0.05) is 0 Å². The van der Waals surface area contributed by atoms with Gasteiger partial charge in [-0.15, -0.1) is 0 Å². The zero-order valence-corrected chi connectivity index (χ0v) is 15.3. The highest BCUT2D eigenvalue weighted by Gasteiger charge is 2.27. The molecule has 4 aromatic heterocycles. The maximum atomic E-state index is 9.02. The van der Waals surface area contributed by atoms with Gasteiger partial charge in [0.25, 0.3) is 0 Å². The maximum Gasteiger partial charge on any atom is 0.219 e. The Morgan fingerprint density at radius 1 is 1.14 bits per heavy atom. The van der Waals surface area contributed by atoms with Crippen molar-refractivity contribution in [1.29, 1.82) is 5.26 Å². The van der Waals surface area contributed by atoms with Crippen molar-refractivity contribution in [3.05, 3.63) is 30.9 Å². The van der Waals surface area contributed by atoms with Gasteiger partial charge in [-0.3, -0.25) is 0 Å². The molecule has 8 heteroatoms. The van der Waals surface area contributed by atoms with Crippen LogP contribution in [0.3, 0.4) is 0 Å². The van der Waals surface area contributed by atoms with E-state index >= 15 is 0 Å². The van der Waals surface area contributed by atoms with E-state index < -0.39 is 0 Å². The topological polar surface area (TPSA) is 122 Å². The first-order valence-corrected chi connectivity index (χ1v) is 9.53. The lowest BCUT2D eigenvalue weighted by Gasteiger charge is -2.29. The number of aromatic nitrogens is 6. The SMILES string of the molecule is N#CCC1CCC(n2c(-c3cnc(N)nc3)nc3cnc4[nH]ccc4c32)CC1. The van der Waals surface area contributed by atoms with Crippen LogP contribution in [0.15, 0.2) is 30.9 Å². The highest BCUT2D eigenvalue weighted by Crippen LogP contribution is 2.39. The van der Waals surface area contributed by atoms with Crippen molar-refractivity contribution in [1.82, 2.24) is 29.5 Å². The predicted molar refractivity (Wildman–Crippen MR) is 106 cm³/mol. The first-order valence-electron chi connectivity index (χ1n) is 9.53. The predicted octanol–water partition coefficient (Wildman–Crippen LogP) is 3.60. The molecular formula is C20H20N8. The number of fused-ring (bicyclic) bond motifs is 3. The third kappa shape index (κ3) is 2.67. The summed E-state index contributed by atoms with van der Waals surface area (Å²) >= 11 is 0. The number of hydrogen-bond donors (Lipinski definition) is 2. The van der Waals surface area contributed by atoms with E-state index in [0.717, 1.165) is 59.1 Å². The largest absolute Gasteiger partial charge is 0.368 e. The Balaban J connectivity index is 1.68. The Morgan fingerprint density at radius 2 is 1.93 bits per heavy atom. The van der Waals surface area contributed by atoms with Crippen LogP contribution in [0.5, 0.6) is 0 Å². The molecule has 1 fully saturated rings. The van der Waals surface area contributed by atoms with Crippen molar-refractivity contribution in [2.45, 2.75) is 38.1 Å². The fraction of sp³-hybridized carbons (Fsp3) is 0.350. The first kappa shape index (κ1) is 16.7. The number of nitrogens with two attached hydrogens (primary N) is 1. The van der Waals surface area contributed by atoms with Crippen LogP contribution >= 0.6 is 0 Å². The molecule has 0 radical (unpaired) electrons. The summed E-state index contributed by atoms with van der Waals surface area (Å²) in [4.78, 5) is 20.9. The Bertz CT molecular complexity index is 1170. The van der Waals surface area contributed by atoms with Gasteiger partial charge in [0.15, 0.2) is 0 Å². The van der Waals surface area contributed by atoms with E-state index in [1.807, 2.05) is 18.5 Å². The molecule has 5 rings (SSSR count). The Hall–Kier alpha value is -3.47. The number of nitriles is 1. The van der Waals surface area contributed by atoms with Gasteiger partial charge >= 0.3 is 0 Å². The zero-order valence-electron chi connectivity index (χ0n) is 15.3. The molecular weight excluding hydrogens is 352 g/mol. The number of aromatic amines is 1. The van der Waals surface area contributed by atoms with Gasteiger partial charge in [0.2, 0.25) is 5.95 Å². The van der Waals surface area contributed by atoms with Crippen LogP contribution in [0, 0.1) is 17.2 Å². The molecule has 3 N–H and O–H groups in total. The van der Waals surface area contributed by atoms with Crippen LogP contribution < -0.4 is 5.73 Å². The average molecular weight is 372 g/mol. The quantitative estimate of drug-likeness (QED) is 0.566. The summed E-state index contributed by atoms with van der Waals surface area (Å²) in [5.41, 5.74) is 9.31. The Labute approximate surface area is 161 Å². The van der Waals surface area contributed by atoms with Gasteiger partial charge in [0.05, 0.1) is 23.3 Å². The van der Waals surface area contributed by atoms with Crippen LogP contribution in [0.25, 0.3) is 33.5 Å². The van der Waals surface area contributed by atoms with E-state index in [1.165, 1.54) is 0 Å². The molecule has 0 bridgehead atoms. The fourth-order valence-electron chi connectivity index (χ4n) is 4.34. The molecule has 0 saturated heterocycles. The molecule has 1 aliphatic rings. The second kappa shape index (κ2) is 6.60. The molecule has 0 aliphatic heterocycles. The lowest BCUT2D eigenvalue weighted by Crippen LogP contribution is -2.19. The molecule has 0 unspecified atom stereocenters. The van der Waals surface area contributed by atoms with Crippen molar-refractivity contribution < 1.29 is 0 Å². The molecule has 28 heavy (non-hydrogen) atoms. The number of pyridine rings is 1. The number of H-pyrrole nitrogens is 1. The average Bonchev–Trinajstić information content (AvgIpc) is 3.33. The van der Waals surface area contributed by atoms with Gasteiger partial charge in [-0.25, -0.2) is 19.9 Å². The van der Waals surface area contributed by atoms with E-state index in [1.54, 1.807) is 12.4 Å². The molecule has 0 aromatic carbocycles. The molecule has 0 amide bonds. The van der Waals surface area contributed by atoms with Gasteiger partial charge in [0, 0.05) is 36.4 Å². The number of nitrogen functional groups attached to an aromatic ring is 1. The summed E-state index contributed by atoms with van der Waals surface area (Å²) in [6.07, 6.45) is 12.0. The monoisotopic (exact) mass is 372 g/mol. The third-order valence-electron chi connectivity index (χ3n) is 5.73. The molecule has 140 valence electrons. The highest BCUT2D eigenvalue weighted by molar-refractivity contribution is 6.02. The zero-order chi connectivity index (χ0) is 19.1. The van der Waals surface area contributed by atoms with E-state index in [4.69, 9.17) is 16.0 Å².